The largest absolute Gasteiger partial charge is 0.384 e. The monoisotopic (exact) mass is 238 g/mol. The van der Waals surface area contributed by atoms with E-state index < -0.39 is 17.5 Å². The summed E-state index contributed by atoms with van der Waals surface area (Å²) < 4.78 is 39.0. The van der Waals surface area contributed by atoms with Crippen molar-refractivity contribution in [3.63, 3.8) is 0 Å². The second-order valence-corrected chi connectivity index (χ2v) is 3.62. The molecule has 0 spiro atoms. The predicted molar refractivity (Wildman–Crippen MR) is 58.7 cm³/mol. The third-order valence-corrected chi connectivity index (χ3v) is 2.40. The molecule has 2 N–H and O–H groups in total. The Hall–Kier alpha value is -2.04. The zero-order valence-corrected chi connectivity index (χ0v) is 8.97. The molecule has 1 heterocycles. The maximum absolute atomic E-state index is 13.1. The zero-order valence-electron chi connectivity index (χ0n) is 8.97. The lowest BCUT2D eigenvalue weighted by Crippen LogP contribution is -1.96. The maximum Gasteiger partial charge on any atom is 0.194 e. The topological polar surface area (TPSA) is 38.9 Å². The van der Waals surface area contributed by atoms with E-state index in [4.69, 9.17) is 5.73 Å². The number of nitrogen functional groups attached to an aromatic ring is 1. The first-order valence-electron chi connectivity index (χ1n) is 4.87. The molecule has 0 aliphatic heterocycles. The van der Waals surface area contributed by atoms with Crippen molar-refractivity contribution >= 4 is 5.82 Å². The second kappa shape index (κ2) is 4.08. The molecule has 2 rings (SSSR count). The predicted octanol–water partition coefficient (Wildman–Crippen LogP) is 3.06. The Labute approximate surface area is 95.9 Å². The first kappa shape index (κ1) is 11.4. The molecule has 0 atom stereocenters. The number of benzene rings is 1. The van der Waals surface area contributed by atoms with E-state index >= 15 is 0 Å². The van der Waals surface area contributed by atoms with Gasteiger partial charge in [-0.15, -0.1) is 0 Å². The standard InChI is InChI=1S/C12H9F3N2/c1-6-8(2-3-11(16)17-6)7-4-9(13)12(15)10(14)5-7/h2-5H,1H3,(H2,16,17). The minimum atomic E-state index is -1.48. The van der Waals surface area contributed by atoms with Gasteiger partial charge in [0.15, 0.2) is 17.5 Å². The van der Waals surface area contributed by atoms with Crippen LogP contribution >= 0.6 is 0 Å². The SMILES string of the molecule is Cc1nc(N)ccc1-c1cc(F)c(F)c(F)c1. The average Bonchev–Trinajstić information content (AvgIpc) is 2.25. The van der Waals surface area contributed by atoms with E-state index in [0.29, 0.717) is 17.1 Å². The molecule has 0 aliphatic rings. The molecule has 0 bridgehead atoms. The van der Waals surface area contributed by atoms with Crippen LogP contribution in [0.3, 0.4) is 0 Å². The van der Waals surface area contributed by atoms with Crippen LogP contribution in [0.15, 0.2) is 24.3 Å². The summed E-state index contributed by atoms with van der Waals surface area (Å²) in [6, 6.07) is 4.96. The normalized spacial score (nSPS) is 10.6. The summed E-state index contributed by atoms with van der Waals surface area (Å²) in [5, 5.41) is 0. The lowest BCUT2D eigenvalue weighted by Gasteiger charge is -2.07. The van der Waals surface area contributed by atoms with Gasteiger partial charge in [-0.3, -0.25) is 0 Å². The number of hydrogen-bond acceptors (Lipinski definition) is 2. The van der Waals surface area contributed by atoms with Crippen molar-refractivity contribution < 1.29 is 13.2 Å². The highest BCUT2D eigenvalue weighted by Crippen LogP contribution is 2.26. The summed E-state index contributed by atoms with van der Waals surface area (Å²) in [5.74, 6) is -3.61. The van der Waals surface area contributed by atoms with Crippen LogP contribution < -0.4 is 5.73 Å². The molecule has 88 valence electrons. The Morgan fingerprint density at radius 3 is 2.18 bits per heavy atom. The lowest BCUT2D eigenvalue weighted by molar-refractivity contribution is 0.447. The van der Waals surface area contributed by atoms with Crippen LogP contribution in [-0.2, 0) is 0 Å². The average molecular weight is 238 g/mol. The second-order valence-electron chi connectivity index (χ2n) is 3.62. The van der Waals surface area contributed by atoms with Gasteiger partial charge in [0.05, 0.1) is 0 Å². The molecule has 17 heavy (non-hydrogen) atoms. The van der Waals surface area contributed by atoms with E-state index in [1.165, 1.54) is 6.07 Å². The summed E-state index contributed by atoms with van der Waals surface area (Å²) >= 11 is 0. The van der Waals surface area contributed by atoms with Crippen LogP contribution in [0.25, 0.3) is 11.1 Å². The van der Waals surface area contributed by atoms with Crippen molar-refractivity contribution in [1.82, 2.24) is 4.98 Å². The van der Waals surface area contributed by atoms with Crippen LogP contribution in [0, 0.1) is 24.4 Å². The summed E-state index contributed by atoms with van der Waals surface area (Å²) in [5.41, 5.74) is 6.73. The Bertz CT molecular complexity index is 559. The van der Waals surface area contributed by atoms with Gasteiger partial charge in [0.2, 0.25) is 0 Å². The van der Waals surface area contributed by atoms with Crippen molar-refractivity contribution in [3.05, 3.63) is 47.4 Å². The van der Waals surface area contributed by atoms with Gasteiger partial charge in [0.25, 0.3) is 0 Å². The number of rotatable bonds is 1. The fourth-order valence-electron chi connectivity index (χ4n) is 1.60. The molecular weight excluding hydrogens is 229 g/mol. The van der Waals surface area contributed by atoms with Gasteiger partial charge in [-0.2, -0.15) is 0 Å². The van der Waals surface area contributed by atoms with Gasteiger partial charge in [-0.1, -0.05) is 0 Å². The molecule has 0 amide bonds. The molecule has 0 saturated carbocycles. The third kappa shape index (κ3) is 2.08. The molecular formula is C12H9F3N2. The van der Waals surface area contributed by atoms with Crippen molar-refractivity contribution in [3.8, 4) is 11.1 Å². The molecule has 0 saturated heterocycles. The highest BCUT2D eigenvalue weighted by atomic mass is 19.2. The highest BCUT2D eigenvalue weighted by Gasteiger charge is 2.13. The number of aromatic nitrogens is 1. The van der Waals surface area contributed by atoms with Gasteiger partial charge in [-0.05, 0) is 36.8 Å². The van der Waals surface area contributed by atoms with Crippen LogP contribution in [0.1, 0.15) is 5.69 Å². The quantitative estimate of drug-likeness (QED) is 0.775. The Kier molecular flexibility index (Phi) is 2.75. The van der Waals surface area contributed by atoms with Crippen molar-refractivity contribution in [2.75, 3.05) is 5.73 Å². The van der Waals surface area contributed by atoms with Crippen LogP contribution in [0.2, 0.25) is 0 Å². The molecule has 0 aliphatic carbocycles. The molecule has 0 radical (unpaired) electrons. The van der Waals surface area contributed by atoms with E-state index in [0.717, 1.165) is 12.1 Å². The van der Waals surface area contributed by atoms with E-state index in [2.05, 4.69) is 4.98 Å². The van der Waals surface area contributed by atoms with Crippen LogP contribution in [0.4, 0.5) is 19.0 Å². The Morgan fingerprint density at radius 1 is 1.06 bits per heavy atom. The van der Waals surface area contributed by atoms with Crippen LogP contribution in [0.5, 0.6) is 0 Å². The van der Waals surface area contributed by atoms with Gasteiger partial charge in [-0.25, -0.2) is 18.2 Å². The van der Waals surface area contributed by atoms with Crippen LogP contribution in [-0.4, -0.2) is 4.98 Å². The number of nitrogens with zero attached hydrogens (tertiary/aromatic N) is 1. The molecule has 1 aromatic carbocycles. The van der Waals surface area contributed by atoms with E-state index in [1.807, 2.05) is 0 Å². The smallest absolute Gasteiger partial charge is 0.194 e. The fraction of sp³-hybridized carbons (Fsp3) is 0.0833. The summed E-state index contributed by atoms with van der Waals surface area (Å²) in [6.45, 7) is 1.66. The summed E-state index contributed by atoms with van der Waals surface area (Å²) in [6.07, 6.45) is 0. The molecule has 2 aromatic rings. The minimum Gasteiger partial charge on any atom is -0.384 e. The molecule has 5 heteroatoms. The van der Waals surface area contributed by atoms with E-state index in [-0.39, 0.29) is 5.56 Å². The molecule has 0 unspecified atom stereocenters. The summed E-state index contributed by atoms with van der Waals surface area (Å²) in [7, 11) is 0. The number of pyridine rings is 1. The maximum atomic E-state index is 13.1. The number of hydrogen-bond donors (Lipinski definition) is 1. The first-order chi connectivity index (χ1) is 7.99. The molecule has 1 aromatic heterocycles. The molecule has 2 nitrogen and oxygen atoms in total. The zero-order chi connectivity index (χ0) is 12.6. The first-order valence-corrected chi connectivity index (χ1v) is 4.87. The van der Waals surface area contributed by atoms with Crippen molar-refractivity contribution in [1.29, 1.82) is 0 Å². The van der Waals surface area contributed by atoms with Crippen molar-refractivity contribution in [2.45, 2.75) is 6.92 Å². The molecule has 0 fully saturated rings. The fourth-order valence-corrected chi connectivity index (χ4v) is 1.60. The Balaban J connectivity index is 2.61. The number of anilines is 1. The van der Waals surface area contributed by atoms with E-state index in [1.54, 1.807) is 13.0 Å². The lowest BCUT2D eigenvalue weighted by atomic mass is 10.0. The number of halogens is 3. The third-order valence-electron chi connectivity index (χ3n) is 2.40. The summed E-state index contributed by atoms with van der Waals surface area (Å²) in [4.78, 5) is 3.97. The van der Waals surface area contributed by atoms with E-state index in [9.17, 15) is 13.2 Å². The highest BCUT2D eigenvalue weighted by molar-refractivity contribution is 5.67. The Morgan fingerprint density at radius 2 is 1.65 bits per heavy atom. The van der Waals surface area contributed by atoms with Gasteiger partial charge >= 0.3 is 0 Å². The number of nitrogens with two attached hydrogens (primary N) is 1. The minimum absolute atomic E-state index is 0.228. The van der Waals surface area contributed by atoms with Gasteiger partial charge in [0, 0.05) is 11.3 Å². The number of aryl methyl sites for hydroxylation is 1. The van der Waals surface area contributed by atoms with Gasteiger partial charge < -0.3 is 5.73 Å². The van der Waals surface area contributed by atoms with Gasteiger partial charge in [0.1, 0.15) is 5.82 Å². The van der Waals surface area contributed by atoms with Crippen molar-refractivity contribution in [2.24, 2.45) is 0 Å².